The third-order valence-electron chi connectivity index (χ3n) is 5.90. The Labute approximate surface area is 180 Å². The number of carbonyl (C=O) groups excluding carboxylic acids is 1. The first-order chi connectivity index (χ1) is 14.6. The molecule has 0 aliphatic heterocycles. The molecular formula is C26H31N3O. The van der Waals surface area contributed by atoms with Gasteiger partial charge >= 0.3 is 0 Å². The summed E-state index contributed by atoms with van der Waals surface area (Å²) in [6.07, 6.45) is 7.91. The highest BCUT2D eigenvalue weighted by atomic mass is 16.1. The van der Waals surface area contributed by atoms with Crippen LogP contribution in [0.15, 0.2) is 54.2 Å². The molecule has 1 atom stereocenters. The largest absolute Gasteiger partial charge is 0.389 e. The molecule has 4 heteroatoms. The number of rotatable bonds is 8. The minimum atomic E-state index is -0.328. The van der Waals surface area contributed by atoms with Gasteiger partial charge in [0.1, 0.15) is 11.6 Å². The zero-order chi connectivity index (χ0) is 21.3. The van der Waals surface area contributed by atoms with Gasteiger partial charge in [-0.15, -0.1) is 0 Å². The smallest absolute Gasteiger partial charge is 0.263 e. The predicted octanol–water partition coefficient (Wildman–Crippen LogP) is 4.68. The lowest BCUT2D eigenvalue weighted by molar-refractivity contribution is -0.117. The van der Waals surface area contributed by atoms with Crippen LogP contribution in [-0.2, 0) is 24.1 Å². The first-order valence-corrected chi connectivity index (χ1v) is 10.9. The van der Waals surface area contributed by atoms with Gasteiger partial charge in [-0.05, 0) is 73.3 Å². The van der Waals surface area contributed by atoms with Crippen LogP contribution in [0.5, 0.6) is 0 Å². The van der Waals surface area contributed by atoms with Crippen LogP contribution in [0.4, 0.5) is 0 Å². The normalized spacial score (nSPS) is 14.4. The molecule has 1 unspecified atom stereocenters. The summed E-state index contributed by atoms with van der Waals surface area (Å²) in [4.78, 5) is 12.7. The highest BCUT2D eigenvalue weighted by molar-refractivity contribution is 5.97. The molecule has 1 aliphatic rings. The van der Waals surface area contributed by atoms with E-state index in [1.54, 1.807) is 0 Å². The summed E-state index contributed by atoms with van der Waals surface area (Å²) in [6.45, 7) is 4.82. The number of nitrogens with one attached hydrogen (secondary N) is 2. The van der Waals surface area contributed by atoms with E-state index in [0.29, 0.717) is 6.54 Å². The molecule has 2 aromatic carbocycles. The number of fused-ring (bicyclic) bond motifs is 1. The molecule has 156 valence electrons. The Hall–Kier alpha value is -3.06. The van der Waals surface area contributed by atoms with Gasteiger partial charge < -0.3 is 10.6 Å². The number of benzene rings is 2. The number of nitrogens with zero attached hydrogens (tertiary/aromatic N) is 1. The molecule has 0 bridgehead atoms. The van der Waals surface area contributed by atoms with Crippen LogP contribution in [0, 0.1) is 18.3 Å². The Balaban J connectivity index is 1.59. The Morgan fingerprint density at radius 3 is 2.67 bits per heavy atom. The SMILES string of the molecule is CCC(NC(=O)/C(C#N)=C\NCCc1ccccc1C)c1ccc2c(c1)CCCC2. The molecule has 0 aromatic heterocycles. The first kappa shape index (κ1) is 21.6. The number of aryl methyl sites for hydroxylation is 3. The van der Waals surface area contributed by atoms with Gasteiger partial charge in [0, 0.05) is 12.7 Å². The minimum Gasteiger partial charge on any atom is -0.389 e. The van der Waals surface area contributed by atoms with Crippen LogP contribution in [0.1, 0.15) is 60.0 Å². The lowest BCUT2D eigenvalue weighted by atomic mass is 9.88. The van der Waals surface area contributed by atoms with Crippen molar-refractivity contribution in [3.05, 3.63) is 82.1 Å². The van der Waals surface area contributed by atoms with Crippen molar-refractivity contribution in [3.63, 3.8) is 0 Å². The maximum Gasteiger partial charge on any atom is 0.263 e. The fourth-order valence-corrected chi connectivity index (χ4v) is 4.05. The monoisotopic (exact) mass is 401 g/mol. The van der Waals surface area contributed by atoms with Gasteiger partial charge in [0.25, 0.3) is 5.91 Å². The molecule has 0 fully saturated rings. The molecule has 0 spiro atoms. The van der Waals surface area contributed by atoms with Crippen molar-refractivity contribution in [1.29, 1.82) is 5.26 Å². The summed E-state index contributed by atoms with van der Waals surface area (Å²) in [6, 6.07) is 16.7. The van der Waals surface area contributed by atoms with Crippen molar-refractivity contribution < 1.29 is 4.79 Å². The summed E-state index contributed by atoms with van der Waals surface area (Å²) < 4.78 is 0. The zero-order valence-corrected chi connectivity index (χ0v) is 18.0. The molecule has 30 heavy (non-hydrogen) atoms. The van der Waals surface area contributed by atoms with Gasteiger partial charge in [0.2, 0.25) is 0 Å². The van der Waals surface area contributed by atoms with Crippen LogP contribution >= 0.6 is 0 Å². The average Bonchev–Trinajstić information content (AvgIpc) is 2.78. The van der Waals surface area contributed by atoms with Crippen LogP contribution < -0.4 is 10.6 Å². The molecule has 4 nitrogen and oxygen atoms in total. The maximum absolute atomic E-state index is 12.7. The van der Waals surface area contributed by atoms with Crippen LogP contribution in [0.3, 0.4) is 0 Å². The predicted molar refractivity (Wildman–Crippen MR) is 121 cm³/mol. The Bertz CT molecular complexity index is 955. The van der Waals surface area contributed by atoms with Gasteiger partial charge in [-0.25, -0.2) is 0 Å². The first-order valence-electron chi connectivity index (χ1n) is 10.9. The summed E-state index contributed by atoms with van der Waals surface area (Å²) in [5.74, 6) is -0.328. The average molecular weight is 402 g/mol. The van der Waals surface area contributed by atoms with E-state index in [1.807, 2.05) is 18.2 Å². The van der Waals surface area contributed by atoms with Crippen LogP contribution in [-0.4, -0.2) is 12.5 Å². The van der Waals surface area contributed by atoms with Crippen molar-refractivity contribution >= 4 is 5.91 Å². The zero-order valence-electron chi connectivity index (χ0n) is 18.0. The van der Waals surface area contributed by atoms with E-state index in [9.17, 15) is 10.1 Å². The fourth-order valence-electron chi connectivity index (χ4n) is 4.05. The topological polar surface area (TPSA) is 64.9 Å². The van der Waals surface area contributed by atoms with Gasteiger partial charge in [-0.3, -0.25) is 4.79 Å². The van der Waals surface area contributed by atoms with Crippen molar-refractivity contribution in [2.24, 2.45) is 0 Å². The second-order valence-corrected chi connectivity index (χ2v) is 7.97. The summed E-state index contributed by atoms with van der Waals surface area (Å²) in [5.41, 5.74) is 6.58. The Morgan fingerprint density at radius 2 is 1.93 bits per heavy atom. The quantitative estimate of drug-likeness (QED) is 0.383. The van der Waals surface area contributed by atoms with Gasteiger partial charge in [-0.2, -0.15) is 5.26 Å². The molecule has 1 aliphatic carbocycles. The third kappa shape index (κ3) is 5.51. The Kier molecular flexibility index (Phi) is 7.68. The highest BCUT2D eigenvalue weighted by Crippen LogP contribution is 2.26. The van der Waals surface area contributed by atoms with E-state index in [0.717, 1.165) is 31.2 Å². The third-order valence-corrected chi connectivity index (χ3v) is 5.90. The maximum atomic E-state index is 12.7. The number of amides is 1. The number of hydrogen-bond acceptors (Lipinski definition) is 3. The highest BCUT2D eigenvalue weighted by Gasteiger charge is 2.18. The van der Waals surface area contributed by atoms with Crippen molar-refractivity contribution in [2.45, 2.75) is 58.4 Å². The number of hydrogen-bond donors (Lipinski definition) is 2. The summed E-state index contributed by atoms with van der Waals surface area (Å²) in [5, 5.41) is 15.6. The van der Waals surface area contributed by atoms with Crippen LogP contribution in [0.2, 0.25) is 0 Å². The van der Waals surface area contributed by atoms with Crippen molar-refractivity contribution in [2.75, 3.05) is 6.54 Å². The van der Waals surface area contributed by atoms with Gasteiger partial charge in [0.15, 0.2) is 0 Å². The molecule has 2 aromatic rings. The van der Waals surface area contributed by atoms with E-state index in [4.69, 9.17) is 0 Å². The molecule has 0 radical (unpaired) electrons. The molecule has 0 saturated heterocycles. The van der Waals surface area contributed by atoms with E-state index < -0.39 is 0 Å². The van der Waals surface area contributed by atoms with Gasteiger partial charge in [-0.1, -0.05) is 49.4 Å². The molecular weight excluding hydrogens is 370 g/mol. The lowest BCUT2D eigenvalue weighted by Crippen LogP contribution is -2.30. The van der Waals surface area contributed by atoms with E-state index in [1.165, 1.54) is 41.3 Å². The van der Waals surface area contributed by atoms with E-state index in [-0.39, 0.29) is 17.5 Å². The number of carbonyl (C=O) groups is 1. The van der Waals surface area contributed by atoms with Crippen molar-refractivity contribution in [1.82, 2.24) is 10.6 Å². The molecule has 0 saturated carbocycles. The lowest BCUT2D eigenvalue weighted by Gasteiger charge is -2.21. The molecule has 3 rings (SSSR count). The standard InChI is InChI=1S/C26H31N3O/c1-3-25(23-13-12-21-10-6-7-11-22(21)16-23)29-26(30)24(17-27)18-28-15-14-20-9-5-4-8-19(20)2/h4-5,8-9,12-13,16,18,25,28H,3,6-7,10-11,14-15H2,1-2H3,(H,29,30)/b24-18-. The molecule has 0 heterocycles. The van der Waals surface area contributed by atoms with Crippen LogP contribution in [0.25, 0.3) is 0 Å². The van der Waals surface area contributed by atoms with Crippen molar-refractivity contribution in [3.8, 4) is 6.07 Å². The minimum absolute atomic E-state index is 0.0894. The second-order valence-electron chi connectivity index (χ2n) is 7.97. The number of nitriles is 1. The van der Waals surface area contributed by atoms with E-state index in [2.05, 4.69) is 54.8 Å². The summed E-state index contributed by atoms with van der Waals surface area (Å²) >= 11 is 0. The molecule has 1 amide bonds. The Morgan fingerprint density at radius 1 is 1.17 bits per heavy atom. The second kappa shape index (κ2) is 10.6. The fraction of sp³-hybridized carbons (Fsp3) is 0.385. The van der Waals surface area contributed by atoms with Gasteiger partial charge in [0.05, 0.1) is 6.04 Å². The molecule has 2 N–H and O–H groups in total. The summed E-state index contributed by atoms with van der Waals surface area (Å²) in [7, 11) is 0. The van der Waals surface area contributed by atoms with E-state index >= 15 is 0 Å².